The van der Waals surface area contributed by atoms with Gasteiger partial charge in [0.2, 0.25) is 5.91 Å². The van der Waals surface area contributed by atoms with E-state index in [0.717, 1.165) is 19.3 Å². The maximum absolute atomic E-state index is 11.9. The molecule has 0 aromatic rings. The van der Waals surface area contributed by atoms with Crippen LogP contribution in [0.1, 0.15) is 58.8 Å². The Kier molecular flexibility index (Phi) is 7.80. The number of hydrogen-bond acceptors (Lipinski definition) is 2. The summed E-state index contributed by atoms with van der Waals surface area (Å²) in [6.07, 6.45) is 7.61. The third-order valence-electron chi connectivity index (χ3n) is 3.90. The molecule has 1 aliphatic rings. The van der Waals surface area contributed by atoms with Crippen molar-refractivity contribution in [2.24, 2.45) is 11.1 Å². The van der Waals surface area contributed by atoms with Crippen molar-refractivity contribution in [3.05, 3.63) is 0 Å². The van der Waals surface area contributed by atoms with Gasteiger partial charge in [-0.25, -0.2) is 0 Å². The Morgan fingerprint density at radius 3 is 2.41 bits per heavy atom. The summed E-state index contributed by atoms with van der Waals surface area (Å²) >= 11 is 0. The number of carbonyl (C=O) groups excluding carboxylic acids is 1. The fourth-order valence-electron chi connectivity index (χ4n) is 2.52. The highest BCUT2D eigenvalue weighted by atomic mass is 35.5. The maximum atomic E-state index is 11.9. The van der Waals surface area contributed by atoms with Crippen molar-refractivity contribution in [3.8, 4) is 0 Å². The van der Waals surface area contributed by atoms with E-state index in [2.05, 4.69) is 12.2 Å². The lowest BCUT2D eigenvalue weighted by atomic mass is 9.71. The lowest BCUT2D eigenvalue weighted by Gasteiger charge is -2.35. The van der Waals surface area contributed by atoms with Gasteiger partial charge in [-0.05, 0) is 38.1 Å². The molecule has 3 nitrogen and oxygen atoms in total. The molecule has 17 heavy (non-hydrogen) atoms. The Morgan fingerprint density at radius 2 is 1.94 bits per heavy atom. The van der Waals surface area contributed by atoms with Crippen LogP contribution in [0.2, 0.25) is 0 Å². The number of amides is 1. The zero-order chi connectivity index (χ0) is 12.0. The van der Waals surface area contributed by atoms with Crippen LogP contribution >= 0.6 is 12.4 Å². The van der Waals surface area contributed by atoms with E-state index in [0.29, 0.717) is 13.0 Å². The van der Waals surface area contributed by atoms with E-state index in [1.54, 1.807) is 0 Å². The minimum atomic E-state index is 0. The Balaban J connectivity index is 0.00000256. The number of nitrogens with two attached hydrogens (primary N) is 1. The molecule has 1 atom stereocenters. The number of carbonyl (C=O) groups is 1. The Bertz CT molecular complexity index is 227. The summed E-state index contributed by atoms with van der Waals surface area (Å²) in [5, 5.41) is 3.04. The summed E-state index contributed by atoms with van der Waals surface area (Å²) in [6, 6.07) is 0.283. The van der Waals surface area contributed by atoms with Crippen LogP contribution in [-0.4, -0.2) is 18.5 Å². The van der Waals surface area contributed by atoms with Crippen LogP contribution in [0, 0.1) is 5.41 Å². The highest BCUT2D eigenvalue weighted by Gasteiger charge is 2.32. The first kappa shape index (κ1) is 16.7. The Morgan fingerprint density at radius 1 is 1.35 bits per heavy atom. The summed E-state index contributed by atoms with van der Waals surface area (Å²) in [7, 11) is 0. The van der Waals surface area contributed by atoms with Crippen LogP contribution in [0.5, 0.6) is 0 Å². The molecule has 1 saturated carbocycles. The standard InChI is InChI=1S/C13H26N2O.ClH/c1-3-11(2)15-12(16)9-13(10-14)7-5-4-6-8-13;/h11H,3-10,14H2,1-2H3,(H,15,16);1H. The molecule has 1 fully saturated rings. The van der Waals surface area contributed by atoms with Crippen molar-refractivity contribution in [2.45, 2.75) is 64.8 Å². The first-order valence-corrected chi connectivity index (χ1v) is 6.61. The first-order chi connectivity index (χ1) is 7.62. The van der Waals surface area contributed by atoms with Crippen LogP contribution in [0.3, 0.4) is 0 Å². The fourth-order valence-corrected chi connectivity index (χ4v) is 2.52. The molecule has 1 rings (SSSR count). The summed E-state index contributed by atoms with van der Waals surface area (Å²) in [5.74, 6) is 0.182. The van der Waals surface area contributed by atoms with E-state index >= 15 is 0 Å². The van der Waals surface area contributed by atoms with Gasteiger partial charge in [0.05, 0.1) is 0 Å². The summed E-state index contributed by atoms with van der Waals surface area (Å²) in [5.41, 5.74) is 5.96. The second kappa shape index (κ2) is 7.93. The second-order valence-electron chi connectivity index (χ2n) is 5.32. The molecule has 1 amide bonds. The predicted molar refractivity (Wildman–Crippen MR) is 74.3 cm³/mol. The van der Waals surface area contributed by atoms with E-state index < -0.39 is 0 Å². The third-order valence-corrected chi connectivity index (χ3v) is 3.90. The molecule has 0 aromatic carbocycles. The Hall–Kier alpha value is -0.280. The van der Waals surface area contributed by atoms with Crippen LogP contribution < -0.4 is 11.1 Å². The molecule has 0 aromatic heterocycles. The van der Waals surface area contributed by atoms with E-state index in [9.17, 15) is 4.79 Å². The smallest absolute Gasteiger partial charge is 0.220 e. The van der Waals surface area contributed by atoms with Gasteiger partial charge < -0.3 is 11.1 Å². The summed E-state index contributed by atoms with van der Waals surface area (Å²) in [4.78, 5) is 11.9. The quantitative estimate of drug-likeness (QED) is 0.800. The molecule has 3 N–H and O–H groups in total. The average Bonchev–Trinajstić information content (AvgIpc) is 2.29. The van der Waals surface area contributed by atoms with Crippen molar-refractivity contribution in [3.63, 3.8) is 0 Å². The lowest BCUT2D eigenvalue weighted by molar-refractivity contribution is -0.124. The minimum Gasteiger partial charge on any atom is -0.354 e. The largest absolute Gasteiger partial charge is 0.354 e. The summed E-state index contributed by atoms with van der Waals surface area (Å²) in [6.45, 7) is 4.79. The van der Waals surface area contributed by atoms with Gasteiger partial charge in [0.1, 0.15) is 0 Å². The molecule has 1 aliphatic carbocycles. The van der Waals surface area contributed by atoms with Gasteiger partial charge in [0.15, 0.2) is 0 Å². The molecule has 0 bridgehead atoms. The van der Waals surface area contributed by atoms with Gasteiger partial charge in [0.25, 0.3) is 0 Å². The highest BCUT2D eigenvalue weighted by molar-refractivity contribution is 5.85. The van der Waals surface area contributed by atoms with Gasteiger partial charge in [0, 0.05) is 12.5 Å². The molecule has 0 spiro atoms. The predicted octanol–water partition coefficient (Wildman–Crippen LogP) is 2.62. The van der Waals surface area contributed by atoms with Gasteiger partial charge in [-0.15, -0.1) is 12.4 Å². The normalized spacial score (nSPS) is 20.2. The highest BCUT2D eigenvalue weighted by Crippen LogP contribution is 2.38. The third kappa shape index (κ3) is 5.26. The van der Waals surface area contributed by atoms with Crippen LogP contribution in [0.15, 0.2) is 0 Å². The topological polar surface area (TPSA) is 55.1 Å². The van der Waals surface area contributed by atoms with E-state index in [-0.39, 0.29) is 29.8 Å². The van der Waals surface area contributed by atoms with Gasteiger partial charge >= 0.3 is 0 Å². The average molecular weight is 263 g/mol. The minimum absolute atomic E-state index is 0. The molecular formula is C13H27ClN2O. The molecule has 0 radical (unpaired) electrons. The van der Waals surface area contributed by atoms with Gasteiger partial charge in [-0.2, -0.15) is 0 Å². The number of halogens is 1. The zero-order valence-corrected chi connectivity index (χ0v) is 11.9. The molecule has 0 aliphatic heterocycles. The van der Waals surface area contributed by atoms with Crippen molar-refractivity contribution in [1.82, 2.24) is 5.32 Å². The van der Waals surface area contributed by atoms with Crippen molar-refractivity contribution >= 4 is 18.3 Å². The second-order valence-corrected chi connectivity index (χ2v) is 5.32. The molecule has 0 saturated heterocycles. The van der Waals surface area contributed by atoms with Crippen molar-refractivity contribution in [1.29, 1.82) is 0 Å². The summed E-state index contributed by atoms with van der Waals surface area (Å²) < 4.78 is 0. The van der Waals surface area contributed by atoms with Crippen LogP contribution in [-0.2, 0) is 4.79 Å². The maximum Gasteiger partial charge on any atom is 0.220 e. The number of rotatable bonds is 5. The first-order valence-electron chi connectivity index (χ1n) is 6.61. The number of nitrogens with one attached hydrogen (secondary N) is 1. The molecule has 102 valence electrons. The van der Waals surface area contributed by atoms with E-state index in [4.69, 9.17) is 5.73 Å². The Labute approximate surface area is 111 Å². The fraction of sp³-hybridized carbons (Fsp3) is 0.923. The monoisotopic (exact) mass is 262 g/mol. The van der Waals surface area contributed by atoms with E-state index in [1.165, 1.54) is 19.3 Å². The molecule has 4 heteroatoms. The lowest BCUT2D eigenvalue weighted by Crippen LogP contribution is -2.40. The van der Waals surface area contributed by atoms with Crippen LogP contribution in [0.4, 0.5) is 0 Å². The number of hydrogen-bond donors (Lipinski definition) is 2. The SMILES string of the molecule is CCC(C)NC(=O)CC1(CN)CCCCC1.Cl. The van der Waals surface area contributed by atoms with Gasteiger partial charge in [-0.1, -0.05) is 26.2 Å². The zero-order valence-electron chi connectivity index (χ0n) is 11.1. The van der Waals surface area contributed by atoms with Crippen molar-refractivity contribution in [2.75, 3.05) is 6.54 Å². The van der Waals surface area contributed by atoms with E-state index in [1.807, 2.05) is 6.92 Å². The van der Waals surface area contributed by atoms with Crippen molar-refractivity contribution < 1.29 is 4.79 Å². The van der Waals surface area contributed by atoms with Gasteiger partial charge in [-0.3, -0.25) is 4.79 Å². The molecule has 1 unspecified atom stereocenters. The molecule has 0 heterocycles. The van der Waals surface area contributed by atoms with Crippen LogP contribution in [0.25, 0.3) is 0 Å². The molecular weight excluding hydrogens is 236 g/mol.